The Labute approximate surface area is 126 Å². The van der Waals surface area contributed by atoms with Crippen LogP contribution in [0.5, 0.6) is 0 Å². The molecule has 8 heteroatoms. The molecule has 1 aromatic carbocycles. The van der Waals surface area contributed by atoms with Gasteiger partial charge in [-0.15, -0.1) is 0 Å². The molecule has 122 valence electrons. The van der Waals surface area contributed by atoms with Gasteiger partial charge < -0.3 is 5.32 Å². The van der Waals surface area contributed by atoms with E-state index in [4.69, 9.17) is 0 Å². The molecular formula is C14H16F3NO3S. The summed E-state index contributed by atoms with van der Waals surface area (Å²) in [6.07, 6.45) is -3.34. The van der Waals surface area contributed by atoms with Crippen molar-refractivity contribution >= 4 is 21.4 Å². The van der Waals surface area contributed by atoms with E-state index in [9.17, 15) is 26.4 Å². The van der Waals surface area contributed by atoms with E-state index >= 15 is 0 Å². The van der Waals surface area contributed by atoms with Crippen molar-refractivity contribution in [3.63, 3.8) is 0 Å². The third-order valence-corrected chi connectivity index (χ3v) is 5.36. The quantitative estimate of drug-likeness (QED) is 0.924. The molecule has 0 aromatic heterocycles. The third kappa shape index (κ3) is 4.72. The second-order valence-corrected chi connectivity index (χ2v) is 7.73. The molecule has 2 rings (SSSR count). The maximum absolute atomic E-state index is 12.4. The van der Waals surface area contributed by atoms with Crippen LogP contribution in [0.3, 0.4) is 0 Å². The molecule has 1 saturated heterocycles. The van der Waals surface area contributed by atoms with Crippen LogP contribution in [0.25, 0.3) is 0 Å². The van der Waals surface area contributed by atoms with Crippen LogP contribution in [0, 0.1) is 5.92 Å². The van der Waals surface area contributed by atoms with Gasteiger partial charge in [-0.25, -0.2) is 8.42 Å². The molecule has 0 unspecified atom stereocenters. The molecule has 1 amide bonds. The van der Waals surface area contributed by atoms with Crippen LogP contribution in [0.2, 0.25) is 0 Å². The normalized spacial score (nSPS) is 18.9. The van der Waals surface area contributed by atoms with E-state index in [1.165, 1.54) is 12.1 Å². The molecule has 1 N–H and O–H groups in total. The summed E-state index contributed by atoms with van der Waals surface area (Å²) in [4.78, 5) is 11.8. The van der Waals surface area contributed by atoms with Gasteiger partial charge in [-0.2, -0.15) is 13.2 Å². The van der Waals surface area contributed by atoms with Crippen LogP contribution < -0.4 is 5.32 Å². The first-order valence-electron chi connectivity index (χ1n) is 6.83. The number of rotatable bonds is 3. The molecule has 22 heavy (non-hydrogen) atoms. The minimum atomic E-state index is -4.41. The molecule has 0 atom stereocenters. The monoisotopic (exact) mass is 335 g/mol. The van der Waals surface area contributed by atoms with Gasteiger partial charge in [-0.3, -0.25) is 4.79 Å². The zero-order valence-electron chi connectivity index (χ0n) is 11.7. The molecule has 0 spiro atoms. The maximum Gasteiger partial charge on any atom is 0.416 e. The van der Waals surface area contributed by atoms with E-state index in [0.29, 0.717) is 18.5 Å². The predicted octanol–water partition coefficient (Wildman–Crippen LogP) is 2.86. The van der Waals surface area contributed by atoms with Crippen LogP contribution >= 0.6 is 0 Å². The molecule has 0 radical (unpaired) electrons. The van der Waals surface area contributed by atoms with Crippen LogP contribution in [0.4, 0.5) is 18.9 Å². The molecule has 0 bridgehead atoms. The van der Waals surface area contributed by atoms with Crippen molar-refractivity contribution in [1.29, 1.82) is 0 Å². The Morgan fingerprint density at radius 2 is 1.68 bits per heavy atom. The third-order valence-electron chi connectivity index (χ3n) is 3.64. The fourth-order valence-corrected chi connectivity index (χ4v) is 3.95. The highest BCUT2D eigenvalue weighted by atomic mass is 32.2. The fourth-order valence-electron chi connectivity index (χ4n) is 2.36. The van der Waals surface area contributed by atoms with Crippen molar-refractivity contribution in [2.45, 2.75) is 25.4 Å². The lowest BCUT2D eigenvalue weighted by molar-refractivity contribution is -0.137. The molecule has 4 nitrogen and oxygen atoms in total. The lowest BCUT2D eigenvalue weighted by atomic mass is 9.98. The summed E-state index contributed by atoms with van der Waals surface area (Å²) in [5, 5.41) is 2.53. The van der Waals surface area contributed by atoms with Gasteiger partial charge in [0.15, 0.2) is 0 Å². The molecule has 0 aliphatic carbocycles. The summed E-state index contributed by atoms with van der Waals surface area (Å²) in [6.45, 7) is 0. The van der Waals surface area contributed by atoms with E-state index < -0.39 is 21.6 Å². The molecule has 0 saturated carbocycles. The number of hydrogen-bond donors (Lipinski definition) is 1. The first-order chi connectivity index (χ1) is 10.2. The zero-order chi connectivity index (χ0) is 16.4. The molecule has 1 aliphatic heterocycles. The predicted molar refractivity (Wildman–Crippen MR) is 76.1 cm³/mol. The standard InChI is InChI=1S/C14H16F3NO3S/c15-14(16,17)11-1-3-12(4-2-11)18-13(19)9-10-5-7-22(20,21)8-6-10/h1-4,10H,5-9H2,(H,18,19). The first kappa shape index (κ1) is 16.8. The number of carbonyl (C=O) groups is 1. The fraction of sp³-hybridized carbons (Fsp3) is 0.500. The highest BCUT2D eigenvalue weighted by molar-refractivity contribution is 7.91. The zero-order valence-corrected chi connectivity index (χ0v) is 12.5. The average Bonchev–Trinajstić information content (AvgIpc) is 2.41. The Balaban J connectivity index is 1.87. The lowest BCUT2D eigenvalue weighted by Crippen LogP contribution is -2.26. The minimum absolute atomic E-state index is 0.00188. The Bertz CT molecular complexity index is 624. The van der Waals surface area contributed by atoms with E-state index in [1.54, 1.807) is 0 Å². The highest BCUT2D eigenvalue weighted by Gasteiger charge is 2.30. The Morgan fingerprint density at radius 3 is 2.18 bits per heavy atom. The van der Waals surface area contributed by atoms with E-state index in [2.05, 4.69) is 5.32 Å². The second-order valence-electron chi connectivity index (χ2n) is 5.42. The van der Waals surface area contributed by atoms with Gasteiger partial charge in [0, 0.05) is 12.1 Å². The number of halogens is 3. The van der Waals surface area contributed by atoms with Gasteiger partial charge in [0.1, 0.15) is 9.84 Å². The summed E-state index contributed by atoms with van der Waals surface area (Å²) < 4.78 is 59.8. The van der Waals surface area contributed by atoms with Crippen LogP contribution in [0.1, 0.15) is 24.8 Å². The van der Waals surface area contributed by atoms with Crippen LogP contribution in [0.15, 0.2) is 24.3 Å². The minimum Gasteiger partial charge on any atom is -0.326 e. The van der Waals surface area contributed by atoms with Crippen molar-refractivity contribution in [2.75, 3.05) is 16.8 Å². The summed E-state index contributed by atoms with van der Waals surface area (Å²) in [5.74, 6) is -0.141. The largest absolute Gasteiger partial charge is 0.416 e. The number of amides is 1. The highest BCUT2D eigenvalue weighted by Crippen LogP contribution is 2.30. The number of alkyl halides is 3. The number of anilines is 1. The number of benzene rings is 1. The van der Waals surface area contributed by atoms with E-state index in [-0.39, 0.29) is 29.8 Å². The SMILES string of the molecule is O=C(CC1CCS(=O)(=O)CC1)Nc1ccc(C(F)(F)F)cc1. The smallest absolute Gasteiger partial charge is 0.326 e. The van der Waals surface area contributed by atoms with Crippen molar-refractivity contribution in [3.8, 4) is 0 Å². The first-order valence-corrected chi connectivity index (χ1v) is 8.65. The molecule has 1 fully saturated rings. The van der Waals surface area contributed by atoms with Gasteiger partial charge in [0.25, 0.3) is 0 Å². The Kier molecular flexibility index (Phi) is 4.79. The van der Waals surface area contributed by atoms with Crippen molar-refractivity contribution in [3.05, 3.63) is 29.8 Å². The molecule has 1 aliphatic rings. The Morgan fingerprint density at radius 1 is 1.14 bits per heavy atom. The summed E-state index contributed by atoms with van der Waals surface area (Å²) in [7, 11) is -2.97. The second kappa shape index (κ2) is 6.28. The topological polar surface area (TPSA) is 63.2 Å². The van der Waals surface area contributed by atoms with Gasteiger partial charge in [-0.05, 0) is 43.0 Å². The summed E-state index contributed by atoms with van der Waals surface area (Å²) in [5.41, 5.74) is -0.482. The van der Waals surface area contributed by atoms with E-state index in [1.807, 2.05) is 0 Å². The van der Waals surface area contributed by atoms with Crippen molar-refractivity contribution < 1.29 is 26.4 Å². The molecule has 1 aromatic rings. The number of hydrogen-bond acceptors (Lipinski definition) is 3. The number of sulfone groups is 1. The lowest BCUT2D eigenvalue weighted by Gasteiger charge is -2.21. The summed E-state index contributed by atoms with van der Waals surface area (Å²) in [6, 6.07) is 4.21. The molecule has 1 heterocycles. The number of carbonyl (C=O) groups excluding carboxylic acids is 1. The van der Waals surface area contributed by atoms with Gasteiger partial charge in [0.05, 0.1) is 17.1 Å². The van der Waals surface area contributed by atoms with Crippen LogP contribution in [-0.2, 0) is 20.8 Å². The summed E-state index contributed by atoms with van der Waals surface area (Å²) >= 11 is 0. The van der Waals surface area contributed by atoms with Crippen LogP contribution in [-0.4, -0.2) is 25.8 Å². The average molecular weight is 335 g/mol. The Hall–Kier alpha value is -1.57. The van der Waals surface area contributed by atoms with Crippen molar-refractivity contribution in [2.24, 2.45) is 5.92 Å². The van der Waals surface area contributed by atoms with Gasteiger partial charge in [-0.1, -0.05) is 0 Å². The maximum atomic E-state index is 12.4. The van der Waals surface area contributed by atoms with Gasteiger partial charge in [0.2, 0.25) is 5.91 Å². The molecular weight excluding hydrogens is 319 g/mol. The number of nitrogens with one attached hydrogen (secondary N) is 1. The van der Waals surface area contributed by atoms with E-state index in [0.717, 1.165) is 12.1 Å². The van der Waals surface area contributed by atoms with Crippen molar-refractivity contribution in [1.82, 2.24) is 0 Å². The van der Waals surface area contributed by atoms with Gasteiger partial charge >= 0.3 is 6.18 Å².